The molecule has 1 nitrogen and oxygen atoms in total. The first kappa shape index (κ1) is 13.4. The van der Waals surface area contributed by atoms with Crippen LogP contribution in [-0.4, -0.2) is 5.78 Å². The maximum absolute atomic E-state index is 13.5. The number of halogens is 2. The minimum Gasteiger partial charge on any atom is -0.294 e. The van der Waals surface area contributed by atoms with Crippen LogP contribution in [0.5, 0.6) is 0 Å². The average Bonchev–Trinajstić information content (AvgIpc) is 2.26. The molecule has 19 heavy (non-hydrogen) atoms. The molecule has 0 bridgehead atoms. The van der Waals surface area contributed by atoms with Crippen LogP contribution in [0.1, 0.15) is 27.0 Å². The highest BCUT2D eigenvalue weighted by molar-refractivity contribution is 5.98. The van der Waals surface area contributed by atoms with Crippen LogP contribution in [0.4, 0.5) is 8.78 Å². The Labute approximate surface area is 110 Å². The predicted molar refractivity (Wildman–Crippen MR) is 70.3 cm³/mol. The summed E-state index contributed by atoms with van der Waals surface area (Å²) in [4.78, 5) is 12.0. The van der Waals surface area contributed by atoms with E-state index in [1.165, 1.54) is 6.07 Å². The molecule has 0 aliphatic rings. The Morgan fingerprint density at radius 2 is 1.53 bits per heavy atom. The molecule has 0 N–H and O–H groups in total. The molecule has 0 spiro atoms. The Bertz CT molecular complexity index is 592. The Hall–Kier alpha value is -2.03. The summed E-state index contributed by atoms with van der Waals surface area (Å²) in [6.07, 6.45) is 0.000370. The van der Waals surface area contributed by atoms with Crippen molar-refractivity contribution in [2.75, 3.05) is 0 Å². The van der Waals surface area contributed by atoms with Gasteiger partial charge < -0.3 is 0 Å². The van der Waals surface area contributed by atoms with Gasteiger partial charge in [0.25, 0.3) is 0 Å². The van der Waals surface area contributed by atoms with Crippen molar-refractivity contribution in [3.05, 3.63) is 70.3 Å². The summed E-state index contributed by atoms with van der Waals surface area (Å²) in [6, 6.07) is 9.12. The molecule has 2 aromatic rings. The van der Waals surface area contributed by atoms with Crippen LogP contribution in [0.25, 0.3) is 0 Å². The van der Waals surface area contributed by atoms with Gasteiger partial charge in [-0.25, -0.2) is 8.78 Å². The normalized spacial score (nSPS) is 10.5. The predicted octanol–water partition coefficient (Wildman–Crippen LogP) is 4.01. The topological polar surface area (TPSA) is 17.1 Å². The number of carbonyl (C=O) groups is 1. The highest BCUT2D eigenvalue weighted by Crippen LogP contribution is 2.17. The van der Waals surface area contributed by atoms with Gasteiger partial charge >= 0.3 is 0 Å². The first-order chi connectivity index (χ1) is 8.97. The van der Waals surface area contributed by atoms with Crippen molar-refractivity contribution in [2.24, 2.45) is 0 Å². The molecule has 3 heteroatoms. The van der Waals surface area contributed by atoms with Gasteiger partial charge in [-0.1, -0.05) is 35.4 Å². The maximum Gasteiger partial charge on any atom is 0.173 e. The molecule has 0 unspecified atom stereocenters. The number of ketones is 1. The second-order valence-electron chi connectivity index (χ2n) is 4.69. The van der Waals surface area contributed by atoms with Crippen LogP contribution in [0.15, 0.2) is 36.4 Å². The van der Waals surface area contributed by atoms with Crippen LogP contribution in [0.3, 0.4) is 0 Å². The number of Topliss-reactive ketones (excluding diaryl/α,β-unsaturated/α-hetero) is 1. The molecular weight excluding hydrogens is 246 g/mol. The number of hydrogen-bond acceptors (Lipinski definition) is 1. The van der Waals surface area contributed by atoms with Gasteiger partial charge in [-0.2, -0.15) is 0 Å². The molecule has 0 fully saturated rings. The lowest BCUT2D eigenvalue weighted by atomic mass is 9.99. The molecule has 0 atom stereocenters. The zero-order chi connectivity index (χ0) is 14.0. The fraction of sp³-hybridized carbons (Fsp3) is 0.188. The number of rotatable bonds is 3. The highest BCUT2D eigenvalue weighted by atomic mass is 19.1. The molecule has 0 saturated carbocycles. The van der Waals surface area contributed by atoms with E-state index in [0.29, 0.717) is 0 Å². The van der Waals surface area contributed by atoms with Crippen LogP contribution in [0.2, 0.25) is 0 Å². The third-order valence-electron chi connectivity index (χ3n) is 2.89. The van der Waals surface area contributed by atoms with E-state index < -0.39 is 23.0 Å². The molecule has 0 radical (unpaired) electrons. The molecule has 0 saturated heterocycles. The first-order valence-electron chi connectivity index (χ1n) is 6.02. The van der Waals surface area contributed by atoms with Gasteiger partial charge in [-0.05, 0) is 31.5 Å². The minimum absolute atomic E-state index is 0.000370. The maximum atomic E-state index is 13.5. The fourth-order valence-electron chi connectivity index (χ4n) is 2.21. The summed E-state index contributed by atoms with van der Waals surface area (Å²) in [5, 5.41) is 0. The van der Waals surface area contributed by atoms with E-state index in [9.17, 15) is 13.6 Å². The zero-order valence-corrected chi connectivity index (χ0v) is 10.8. The van der Waals surface area contributed by atoms with Gasteiger partial charge in [-0.3, -0.25) is 4.79 Å². The smallest absolute Gasteiger partial charge is 0.173 e. The first-order valence-corrected chi connectivity index (χ1v) is 6.02. The molecule has 98 valence electrons. The number of aryl methyl sites for hydroxylation is 2. The van der Waals surface area contributed by atoms with Gasteiger partial charge in [0.05, 0.1) is 5.56 Å². The van der Waals surface area contributed by atoms with Gasteiger partial charge in [0.1, 0.15) is 11.6 Å². The largest absolute Gasteiger partial charge is 0.294 e. The van der Waals surface area contributed by atoms with Crippen molar-refractivity contribution in [1.82, 2.24) is 0 Å². The summed E-state index contributed by atoms with van der Waals surface area (Å²) in [7, 11) is 0. The molecule has 0 aliphatic carbocycles. The molecule has 2 aromatic carbocycles. The molecule has 0 aliphatic heterocycles. The van der Waals surface area contributed by atoms with Crippen LogP contribution < -0.4 is 0 Å². The molecule has 2 rings (SSSR count). The quantitative estimate of drug-likeness (QED) is 0.762. The van der Waals surface area contributed by atoms with Crippen molar-refractivity contribution >= 4 is 5.78 Å². The SMILES string of the molecule is Cc1cc(C)cc(CC(=O)c2c(F)cccc2F)c1. The Kier molecular flexibility index (Phi) is 3.74. The van der Waals surface area contributed by atoms with Crippen molar-refractivity contribution in [2.45, 2.75) is 20.3 Å². The van der Waals surface area contributed by atoms with Crippen LogP contribution >= 0.6 is 0 Å². The molecule has 0 aromatic heterocycles. The number of hydrogen-bond donors (Lipinski definition) is 0. The Morgan fingerprint density at radius 1 is 1.00 bits per heavy atom. The molecular formula is C16H14F2O. The number of carbonyl (C=O) groups excluding carboxylic acids is 1. The van der Waals surface area contributed by atoms with E-state index in [1.807, 2.05) is 32.0 Å². The van der Waals surface area contributed by atoms with Crippen molar-refractivity contribution in [3.8, 4) is 0 Å². The third kappa shape index (κ3) is 3.05. The molecule has 0 amide bonds. The van der Waals surface area contributed by atoms with Gasteiger partial charge in [0.2, 0.25) is 0 Å². The summed E-state index contributed by atoms with van der Waals surface area (Å²) in [5.74, 6) is -2.16. The second-order valence-corrected chi connectivity index (χ2v) is 4.69. The van der Waals surface area contributed by atoms with Gasteiger partial charge in [0.15, 0.2) is 5.78 Å². The van der Waals surface area contributed by atoms with E-state index in [0.717, 1.165) is 28.8 Å². The fourth-order valence-corrected chi connectivity index (χ4v) is 2.21. The van der Waals surface area contributed by atoms with E-state index in [4.69, 9.17) is 0 Å². The zero-order valence-electron chi connectivity index (χ0n) is 10.8. The van der Waals surface area contributed by atoms with Crippen molar-refractivity contribution in [3.63, 3.8) is 0 Å². The Morgan fingerprint density at radius 3 is 2.05 bits per heavy atom. The number of benzene rings is 2. The van der Waals surface area contributed by atoms with Crippen molar-refractivity contribution < 1.29 is 13.6 Å². The van der Waals surface area contributed by atoms with E-state index in [1.54, 1.807) is 0 Å². The minimum atomic E-state index is -0.811. The Balaban J connectivity index is 2.31. The standard InChI is InChI=1S/C16H14F2O/c1-10-6-11(2)8-12(7-10)9-15(19)16-13(17)4-3-5-14(16)18/h3-8H,9H2,1-2H3. The van der Waals surface area contributed by atoms with E-state index in [2.05, 4.69) is 0 Å². The second kappa shape index (κ2) is 5.31. The summed E-state index contributed by atoms with van der Waals surface area (Å²) < 4.78 is 27.0. The lowest BCUT2D eigenvalue weighted by Crippen LogP contribution is -2.09. The lowest BCUT2D eigenvalue weighted by Gasteiger charge is -2.06. The van der Waals surface area contributed by atoms with Gasteiger partial charge in [0, 0.05) is 6.42 Å². The van der Waals surface area contributed by atoms with E-state index in [-0.39, 0.29) is 6.42 Å². The summed E-state index contributed by atoms with van der Waals surface area (Å²) in [5.41, 5.74) is 2.36. The average molecular weight is 260 g/mol. The van der Waals surface area contributed by atoms with Crippen molar-refractivity contribution in [1.29, 1.82) is 0 Å². The monoisotopic (exact) mass is 260 g/mol. The van der Waals surface area contributed by atoms with Crippen LogP contribution in [-0.2, 0) is 6.42 Å². The van der Waals surface area contributed by atoms with Crippen LogP contribution in [0, 0.1) is 25.5 Å². The third-order valence-corrected chi connectivity index (χ3v) is 2.89. The lowest BCUT2D eigenvalue weighted by molar-refractivity contribution is 0.0985. The van der Waals surface area contributed by atoms with Gasteiger partial charge in [-0.15, -0.1) is 0 Å². The highest BCUT2D eigenvalue weighted by Gasteiger charge is 2.17. The molecule has 0 heterocycles. The van der Waals surface area contributed by atoms with E-state index >= 15 is 0 Å². The summed E-state index contributed by atoms with van der Waals surface area (Å²) in [6.45, 7) is 3.84. The summed E-state index contributed by atoms with van der Waals surface area (Å²) >= 11 is 0.